The highest BCUT2D eigenvalue weighted by Gasteiger charge is 2.32. The molecule has 0 amide bonds. The van der Waals surface area contributed by atoms with Crippen LogP contribution in [0, 0.1) is 11.3 Å². The van der Waals surface area contributed by atoms with Crippen molar-refractivity contribution in [1.82, 2.24) is 4.98 Å². The summed E-state index contributed by atoms with van der Waals surface area (Å²) in [7, 11) is -2.86. The molecule has 158 valence electrons. The average Bonchev–Trinajstić information content (AvgIpc) is 3.47. The first kappa shape index (κ1) is 21.3. The number of halogens is 1. The number of nitriles is 1. The van der Waals surface area contributed by atoms with Gasteiger partial charge in [-0.3, -0.25) is 4.72 Å². The molecule has 1 saturated carbocycles. The van der Waals surface area contributed by atoms with E-state index >= 15 is 0 Å². The summed E-state index contributed by atoms with van der Waals surface area (Å²) in [6.45, 7) is 0. The summed E-state index contributed by atoms with van der Waals surface area (Å²) in [5.74, 6) is -0.503. The number of hydrogen-bond acceptors (Lipinski definition) is 7. The quantitative estimate of drug-likeness (QED) is 0.515. The third-order valence-electron chi connectivity index (χ3n) is 4.92. The largest absolute Gasteiger partial charge is 0.465 e. The van der Waals surface area contributed by atoms with Crippen molar-refractivity contribution in [2.75, 3.05) is 11.8 Å². The van der Waals surface area contributed by atoms with Gasteiger partial charge in [0.15, 0.2) is 0 Å². The van der Waals surface area contributed by atoms with Crippen LogP contribution in [0.5, 0.6) is 0 Å². The van der Waals surface area contributed by atoms with E-state index in [9.17, 15) is 18.5 Å². The summed E-state index contributed by atoms with van der Waals surface area (Å²) in [5.41, 5.74) is 3.68. The lowest BCUT2D eigenvalue weighted by atomic mass is 10.1. The van der Waals surface area contributed by atoms with Crippen LogP contribution in [-0.4, -0.2) is 26.5 Å². The Morgan fingerprint density at radius 1 is 1.32 bits per heavy atom. The zero-order valence-corrected chi connectivity index (χ0v) is 18.6. The Balaban J connectivity index is 1.83. The molecule has 1 fully saturated rings. The van der Waals surface area contributed by atoms with Gasteiger partial charge in [0.25, 0.3) is 10.0 Å². The Bertz CT molecular complexity index is 1310. The topological polar surface area (TPSA) is 109 Å². The van der Waals surface area contributed by atoms with E-state index in [2.05, 4.69) is 9.71 Å². The van der Waals surface area contributed by atoms with Crippen LogP contribution in [0.1, 0.15) is 40.2 Å². The van der Waals surface area contributed by atoms with E-state index in [1.54, 1.807) is 23.0 Å². The lowest BCUT2D eigenvalue weighted by Crippen LogP contribution is -2.17. The molecule has 31 heavy (non-hydrogen) atoms. The molecule has 1 aliphatic rings. The fraction of sp³-hybridized carbons (Fsp3) is 0.190. The van der Waals surface area contributed by atoms with Crippen molar-refractivity contribution in [1.29, 1.82) is 5.26 Å². The van der Waals surface area contributed by atoms with Gasteiger partial charge in [0.1, 0.15) is 6.07 Å². The van der Waals surface area contributed by atoms with E-state index in [0.717, 1.165) is 12.8 Å². The molecule has 1 N–H and O–H groups in total. The maximum absolute atomic E-state index is 13.4. The Morgan fingerprint density at radius 2 is 2.10 bits per heavy atom. The number of anilines is 1. The van der Waals surface area contributed by atoms with Gasteiger partial charge in [0, 0.05) is 10.9 Å². The van der Waals surface area contributed by atoms with Gasteiger partial charge >= 0.3 is 5.97 Å². The third kappa shape index (κ3) is 4.28. The number of sulfonamides is 1. The van der Waals surface area contributed by atoms with E-state index in [0.29, 0.717) is 16.8 Å². The predicted molar refractivity (Wildman–Crippen MR) is 118 cm³/mol. The van der Waals surface area contributed by atoms with Gasteiger partial charge in [0.2, 0.25) is 0 Å². The Morgan fingerprint density at radius 3 is 2.71 bits per heavy atom. The number of benzene rings is 2. The first-order chi connectivity index (χ1) is 14.8. The minimum atomic E-state index is -4.10. The zero-order valence-electron chi connectivity index (χ0n) is 16.3. The highest BCUT2D eigenvalue weighted by Crippen LogP contribution is 2.44. The van der Waals surface area contributed by atoms with Crippen LogP contribution in [0.3, 0.4) is 0 Å². The van der Waals surface area contributed by atoms with E-state index in [1.807, 2.05) is 6.07 Å². The van der Waals surface area contributed by atoms with Crippen LogP contribution < -0.4 is 4.72 Å². The molecule has 0 aliphatic heterocycles. The first-order valence-electron chi connectivity index (χ1n) is 9.21. The Labute approximate surface area is 188 Å². The van der Waals surface area contributed by atoms with Gasteiger partial charge < -0.3 is 4.74 Å². The number of carbonyl (C=O) groups excluding carboxylic acids is 1. The van der Waals surface area contributed by atoms with Crippen molar-refractivity contribution in [3.63, 3.8) is 0 Å². The number of nitrogens with zero attached hydrogens (tertiary/aromatic N) is 2. The minimum absolute atomic E-state index is 0.00980. The summed E-state index contributed by atoms with van der Waals surface area (Å²) in [6, 6.07) is 9.40. The number of ether oxygens (including phenoxy) is 1. The van der Waals surface area contributed by atoms with E-state index < -0.39 is 16.0 Å². The molecule has 0 unspecified atom stereocenters. The summed E-state index contributed by atoms with van der Waals surface area (Å²) >= 11 is 7.53. The minimum Gasteiger partial charge on any atom is -0.465 e. The molecule has 1 aromatic heterocycles. The summed E-state index contributed by atoms with van der Waals surface area (Å²) in [5, 5.41) is 11.3. The molecule has 3 aromatic rings. The van der Waals surface area contributed by atoms with Crippen LogP contribution in [0.2, 0.25) is 5.02 Å². The van der Waals surface area contributed by atoms with Gasteiger partial charge in [-0.25, -0.2) is 18.2 Å². The highest BCUT2D eigenvalue weighted by molar-refractivity contribution is 7.92. The summed E-state index contributed by atoms with van der Waals surface area (Å²) in [6.07, 6.45) is 1.76. The van der Waals surface area contributed by atoms with E-state index in [-0.39, 0.29) is 32.7 Å². The lowest BCUT2D eigenvalue weighted by molar-refractivity contribution is 0.0600. The fourth-order valence-corrected chi connectivity index (χ4v) is 5.40. The lowest BCUT2D eigenvalue weighted by Gasteiger charge is -2.16. The second kappa shape index (κ2) is 8.30. The van der Waals surface area contributed by atoms with E-state index in [1.165, 1.54) is 36.6 Å². The number of thiazole rings is 1. The number of nitrogens with one attached hydrogen (secondary N) is 1. The number of esters is 1. The number of methoxy groups -OCH3 is 1. The fourth-order valence-electron chi connectivity index (χ4n) is 3.24. The molecule has 1 heterocycles. The predicted octanol–water partition coefficient (Wildman–Crippen LogP) is 4.80. The third-order valence-corrected chi connectivity index (χ3v) is 7.24. The van der Waals surface area contributed by atoms with Crippen molar-refractivity contribution < 1.29 is 17.9 Å². The number of aromatic nitrogens is 1. The molecule has 0 atom stereocenters. The summed E-state index contributed by atoms with van der Waals surface area (Å²) in [4.78, 5) is 16.2. The molecule has 2 aromatic carbocycles. The summed E-state index contributed by atoms with van der Waals surface area (Å²) < 4.78 is 34.2. The van der Waals surface area contributed by atoms with Gasteiger partial charge in [-0.2, -0.15) is 5.26 Å². The molecule has 0 bridgehead atoms. The SMILES string of the molecule is COC(=O)c1ccc(C2CC2)c(S(=O)(=O)Nc2cc(C#N)c(Cl)cc2-c2cscn2)c1. The van der Waals surface area contributed by atoms with Gasteiger partial charge in [0.05, 0.1) is 45.0 Å². The van der Waals surface area contributed by atoms with Crippen molar-refractivity contribution in [2.24, 2.45) is 0 Å². The molecular weight excluding hydrogens is 458 g/mol. The molecule has 4 rings (SSSR count). The smallest absolute Gasteiger partial charge is 0.337 e. The van der Waals surface area contributed by atoms with Gasteiger partial charge in [-0.05, 0) is 48.6 Å². The zero-order chi connectivity index (χ0) is 22.2. The maximum Gasteiger partial charge on any atom is 0.337 e. The van der Waals surface area contributed by atoms with Crippen molar-refractivity contribution in [3.05, 3.63) is 62.9 Å². The molecule has 7 nitrogen and oxygen atoms in total. The molecule has 0 radical (unpaired) electrons. The molecule has 10 heteroatoms. The van der Waals surface area contributed by atoms with Crippen LogP contribution in [-0.2, 0) is 14.8 Å². The molecule has 0 spiro atoms. The van der Waals surface area contributed by atoms with Gasteiger partial charge in [-0.1, -0.05) is 17.7 Å². The number of hydrogen-bond donors (Lipinski definition) is 1. The highest BCUT2D eigenvalue weighted by atomic mass is 35.5. The molecule has 0 saturated heterocycles. The standard InChI is InChI=1S/C21H16ClN3O4S2/c1-29-21(26)13-4-5-15(12-2-3-12)20(7-13)31(27,28)25-18-6-14(9-23)17(22)8-16(18)19-10-30-11-24-19/h4-8,10-12,25H,2-3H2,1H3. The van der Waals surface area contributed by atoms with Crippen LogP contribution >= 0.6 is 22.9 Å². The van der Waals surface area contributed by atoms with Crippen LogP contribution in [0.15, 0.2) is 46.1 Å². The van der Waals surface area contributed by atoms with Crippen molar-refractivity contribution in [3.8, 4) is 17.3 Å². The molecular formula is C21H16ClN3O4S2. The second-order valence-electron chi connectivity index (χ2n) is 6.99. The maximum atomic E-state index is 13.4. The first-order valence-corrected chi connectivity index (χ1v) is 12.0. The van der Waals surface area contributed by atoms with Crippen molar-refractivity contribution in [2.45, 2.75) is 23.7 Å². The van der Waals surface area contributed by atoms with E-state index in [4.69, 9.17) is 16.3 Å². The Kier molecular flexibility index (Phi) is 5.71. The van der Waals surface area contributed by atoms with Gasteiger partial charge in [-0.15, -0.1) is 11.3 Å². The average molecular weight is 474 g/mol. The number of rotatable bonds is 6. The van der Waals surface area contributed by atoms with Crippen LogP contribution in [0.25, 0.3) is 11.3 Å². The molecule has 1 aliphatic carbocycles. The number of carbonyl (C=O) groups is 1. The van der Waals surface area contributed by atoms with Crippen LogP contribution in [0.4, 0.5) is 5.69 Å². The Hall–Kier alpha value is -2.93. The monoisotopic (exact) mass is 473 g/mol. The normalized spacial score (nSPS) is 13.5. The second-order valence-corrected chi connectivity index (χ2v) is 9.76. The van der Waals surface area contributed by atoms with Crippen molar-refractivity contribution >= 4 is 44.6 Å².